The lowest BCUT2D eigenvalue weighted by atomic mass is 9.80. The van der Waals surface area contributed by atoms with Crippen molar-refractivity contribution >= 4 is 17.7 Å². The summed E-state index contributed by atoms with van der Waals surface area (Å²) in [6.07, 6.45) is 9.51. The molecule has 168 valence electrons. The van der Waals surface area contributed by atoms with E-state index >= 15 is 0 Å². The summed E-state index contributed by atoms with van der Waals surface area (Å²) in [6.45, 7) is 7.17. The maximum atomic E-state index is 12.4. The summed E-state index contributed by atoms with van der Waals surface area (Å²) in [5.74, 6) is 0.885. The highest BCUT2D eigenvalue weighted by molar-refractivity contribution is 5.81. The fourth-order valence-corrected chi connectivity index (χ4v) is 3.91. The van der Waals surface area contributed by atoms with Crippen molar-refractivity contribution in [1.29, 1.82) is 0 Å². The zero-order valence-corrected chi connectivity index (χ0v) is 18.7. The average Bonchev–Trinajstić information content (AvgIpc) is 2.69. The van der Waals surface area contributed by atoms with Crippen LogP contribution in [0.1, 0.15) is 91.4 Å². The van der Waals surface area contributed by atoms with Crippen LogP contribution in [0.5, 0.6) is 0 Å². The number of unbranched alkanes of at least 4 members (excludes halogenated alkanes) is 3. The highest BCUT2D eigenvalue weighted by Gasteiger charge is 2.24. The van der Waals surface area contributed by atoms with Gasteiger partial charge in [-0.2, -0.15) is 0 Å². The number of nitrogens with one attached hydrogen (secondary N) is 1. The molecule has 0 amide bonds. The molecule has 0 aromatic carbocycles. The molecule has 1 N–H and O–H groups in total. The molecule has 1 saturated carbocycles. The summed E-state index contributed by atoms with van der Waals surface area (Å²) < 4.78 is 10.1. The molecule has 29 heavy (non-hydrogen) atoms. The van der Waals surface area contributed by atoms with Gasteiger partial charge in [0, 0.05) is 25.3 Å². The van der Waals surface area contributed by atoms with Gasteiger partial charge < -0.3 is 14.8 Å². The normalized spacial score (nSPS) is 20.1. The first-order valence-corrected chi connectivity index (χ1v) is 11.6. The van der Waals surface area contributed by atoms with E-state index in [1.54, 1.807) is 6.92 Å². The minimum atomic E-state index is -0.362. The van der Waals surface area contributed by atoms with Gasteiger partial charge in [0.05, 0.1) is 13.2 Å². The van der Waals surface area contributed by atoms with Crippen molar-refractivity contribution < 1.29 is 23.9 Å². The largest absolute Gasteiger partial charge is 0.466 e. The Morgan fingerprint density at radius 3 is 2.21 bits per heavy atom. The highest BCUT2D eigenvalue weighted by Crippen LogP contribution is 2.29. The second-order valence-electron chi connectivity index (χ2n) is 8.19. The third-order valence-electron chi connectivity index (χ3n) is 5.73. The predicted molar refractivity (Wildman–Crippen MR) is 114 cm³/mol. The number of rotatable bonds is 15. The summed E-state index contributed by atoms with van der Waals surface area (Å²) in [6, 6.07) is -0.362. The number of esters is 2. The van der Waals surface area contributed by atoms with E-state index in [2.05, 4.69) is 12.2 Å². The van der Waals surface area contributed by atoms with Gasteiger partial charge in [-0.1, -0.05) is 39.0 Å². The van der Waals surface area contributed by atoms with Crippen molar-refractivity contribution in [2.45, 2.75) is 97.4 Å². The fourth-order valence-electron chi connectivity index (χ4n) is 3.91. The van der Waals surface area contributed by atoms with E-state index in [0.29, 0.717) is 44.8 Å². The number of hydrogen-bond donors (Lipinski definition) is 1. The summed E-state index contributed by atoms with van der Waals surface area (Å²) >= 11 is 0. The fraction of sp³-hybridized carbons (Fsp3) is 0.870. The Balaban J connectivity index is 2.26. The number of ketones is 1. The molecular formula is C23H41NO5. The number of Topliss-reactive ketones (excluding diaryl/α,β-unsaturated/α-hetero) is 1. The Labute approximate surface area is 176 Å². The van der Waals surface area contributed by atoms with E-state index in [1.807, 2.05) is 6.92 Å². The SMILES string of the molecule is CCOC(=O)CCCCCCC(NCCC(=O)[C@H]1CC[C@H](C)CC1)C(=O)OCC. The second-order valence-corrected chi connectivity index (χ2v) is 8.19. The van der Waals surface area contributed by atoms with Crippen LogP contribution in [-0.4, -0.2) is 43.5 Å². The molecule has 1 fully saturated rings. The van der Waals surface area contributed by atoms with E-state index in [1.165, 1.54) is 0 Å². The van der Waals surface area contributed by atoms with Gasteiger partial charge in [-0.3, -0.25) is 14.4 Å². The minimum absolute atomic E-state index is 0.143. The van der Waals surface area contributed by atoms with Crippen molar-refractivity contribution in [2.75, 3.05) is 19.8 Å². The summed E-state index contributed by atoms with van der Waals surface area (Å²) in [5.41, 5.74) is 0. The second kappa shape index (κ2) is 15.4. The first kappa shape index (κ1) is 25.6. The minimum Gasteiger partial charge on any atom is -0.466 e. The zero-order valence-electron chi connectivity index (χ0n) is 18.7. The summed E-state index contributed by atoms with van der Waals surface area (Å²) in [5, 5.41) is 3.24. The summed E-state index contributed by atoms with van der Waals surface area (Å²) in [7, 11) is 0. The Hall–Kier alpha value is -1.43. The Morgan fingerprint density at radius 1 is 0.897 bits per heavy atom. The van der Waals surface area contributed by atoms with Crippen molar-refractivity contribution in [1.82, 2.24) is 5.32 Å². The molecule has 0 heterocycles. The average molecular weight is 412 g/mol. The van der Waals surface area contributed by atoms with Crippen molar-refractivity contribution in [3.63, 3.8) is 0 Å². The van der Waals surface area contributed by atoms with Gasteiger partial charge in [0.25, 0.3) is 0 Å². The topological polar surface area (TPSA) is 81.7 Å². The van der Waals surface area contributed by atoms with Crippen molar-refractivity contribution in [3.05, 3.63) is 0 Å². The zero-order chi connectivity index (χ0) is 21.5. The lowest BCUT2D eigenvalue weighted by Gasteiger charge is -2.25. The van der Waals surface area contributed by atoms with Crippen LogP contribution >= 0.6 is 0 Å². The van der Waals surface area contributed by atoms with Crippen LogP contribution in [0.4, 0.5) is 0 Å². The molecule has 6 nitrogen and oxygen atoms in total. The maximum Gasteiger partial charge on any atom is 0.323 e. The molecule has 1 aliphatic carbocycles. The molecule has 0 bridgehead atoms. The van der Waals surface area contributed by atoms with E-state index < -0.39 is 0 Å². The molecule has 0 saturated heterocycles. The molecule has 1 unspecified atom stereocenters. The van der Waals surface area contributed by atoms with E-state index in [9.17, 15) is 14.4 Å². The van der Waals surface area contributed by atoms with Gasteiger partial charge >= 0.3 is 11.9 Å². The number of ether oxygens (including phenoxy) is 2. The number of hydrogen-bond acceptors (Lipinski definition) is 6. The van der Waals surface area contributed by atoms with Gasteiger partial charge in [0.15, 0.2) is 0 Å². The summed E-state index contributed by atoms with van der Waals surface area (Å²) in [4.78, 5) is 36.0. The molecule has 6 heteroatoms. The van der Waals surface area contributed by atoms with Crippen LogP contribution in [-0.2, 0) is 23.9 Å². The van der Waals surface area contributed by atoms with Crippen LogP contribution in [0, 0.1) is 11.8 Å². The van der Waals surface area contributed by atoms with Gasteiger partial charge in [0.1, 0.15) is 11.8 Å². The van der Waals surface area contributed by atoms with Crippen LogP contribution in [0.2, 0.25) is 0 Å². The Bertz CT molecular complexity index is 486. The lowest BCUT2D eigenvalue weighted by molar-refractivity contribution is -0.146. The Kier molecular flexibility index (Phi) is 13.6. The van der Waals surface area contributed by atoms with Crippen LogP contribution in [0.15, 0.2) is 0 Å². The highest BCUT2D eigenvalue weighted by atomic mass is 16.5. The van der Waals surface area contributed by atoms with Crippen molar-refractivity contribution in [3.8, 4) is 0 Å². The molecule has 1 rings (SSSR count). The van der Waals surface area contributed by atoms with E-state index in [-0.39, 0.29) is 23.9 Å². The number of carbonyl (C=O) groups is 3. The first-order chi connectivity index (χ1) is 14.0. The van der Waals surface area contributed by atoms with E-state index in [0.717, 1.165) is 57.3 Å². The van der Waals surface area contributed by atoms with E-state index in [4.69, 9.17) is 9.47 Å². The van der Waals surface area contributed by atoms with Crippen LogP contribution in [0.3, 0.4) is 0 Å². The Morgan fingerprint density at radius 2 is 1.55 bits per heavy atom. The number of carbonyl (C=O) groups excluding carboxylic acids is 3. The molecule has 0 aromatic rings. The van der Waals surface area contributed by atoms with Crippen LogP contribution < -0.4 is 5.32 Å². The van der Waals surface area contributed by atoms with Gasteiger partial charge in [0.2, 0.25) is 0 Å². The molecule has 1 aliphatic rings. The first-order valence-electron chi connectivity index (χ1n) is 11.6. The third kappa shape index (κ3) is 11.4. The maximum absolute atomic E-state index is 12.4. The molecule has 0 aromatic heterocycles. The predicted octanol–water partition coefficient (Wildman–Crippen LogP) is 4.20. The van der Waals surface area contributed by atoms with Gasteiger partial charge in [-0.15, -0.1) is 0 Å². The molecule has 0 radical (unpaired) electrons. The standard InChI is InChI=1S/C23H41NO5/c1-4-28-22(26)11-9-7-6-8-10-20(23(27)29-5-2)24-17-16-21(25)19-14-12-18(3)13-15-19/h18-20,24H,4-17H2,1-3H3/t18-,19-,20?. The van der Waals surface area contributed by atoms with Crippen molar-refractivity contribution in [2.24, 2.45) is 11.8 Å². The molecule has 0 aliphatic heterocycles. The monoisotopic (exact) mass is 411 g/mol. The van der Waals surface area contributed by atoms with Gasteiger partial charge in [-0.05, 0) is 45.4 Å². The van der Waals surface area contributed by atoms with Gasteiger partial charge in [-0.25, -0.2) is 0 Å². The van der Waals surface area contributed by atoms with Crippen LogP contribution in [0.25, 0.3) is 0 Å². The quantitative estimate of drug-likeness (QED) is 0.321. The lowest BCUT2D eigenvalue weighted by Crippen LogP contribution is -2.39. The molecule has 1 atom stereocenters. The molecular weight excluding hydrogens is 370 g/mol. The third-order valence-corrected chi connectivity index (χ3v) is 5.73. The smallest absolute Gasteiger partial charge is 0.323 e. The molecule has 0 spiro atoms.